The summed E-state index contributed by atoms with van der Waals surface area (Å²) in [6.07, 6.45) is 0. The number of aryl methyl sites for hydroxylation is 1. The van der Waals surface area contributed by atoms with E-state index in [-0.39, 0.29) is 5.97 Å². The van der Waals surface area contributed by atoms with Crippen LogP contribution in [0.4, 0.5) is 0 Å². The van der Waals surface area contributed by atoms with E-state index in [1.54, 1.807) is 12.1 Å². The first-order valence-electron chi connectivity index (χ1n) is 5.70. The molecular formula is C15H12O3. The predicted molar refractivity (Wildman–Crippen MR) is 69.8 cm³/mol. The number of benzene rings is 2. The van der Waals surface area contributed by atoms with Crippen molar-refractivity contribution in [2.45, 2.75) is 6.92 Å². The monoisotopic (exact) mass is 240 g/mol. The van der Waals surface area contributed by atoms with Crippen LogP contribution in [0.1, 0.15) is 15.9 Å². The third-order valence-corrected chi connectivity index (χ3v) is 3.05. The van der Waals surface area contributed by atoms with Crippen molar-refractivity contribution in [3.8, 4) is 0 Å². The van der Waals surface area contributed by atoms with Gasteiger partial charge < -0.3 is 9.15 Å². The Morgan fingerprint density at radius 3 is 2.67 bits per heavy atom. The molecule has 0 amide bonds. The van der Waals surface area contributed by atoms with E-state index in [2.05, 4.69) is 0 Å². The number of hydrogen-bond acceptors (Lipinski definition) is 3. The van der Waals surface area contributed by atoms with E-state index >= 15 is 0 Å². The summed E-state index contributed by atoms with van der Waals surface area (Å²) in [5.41, 5.74) is 3.30. The molecule has 3 rings (SSSR count). The number of methoxy groups -OCH3 is 1. The summed E-state index contributed by atoms with van der Waals surface area (Å²) in [7, 11) is 1.38. The largest absolute Gasteiger partial charge is 0.465 e. The molecule has 2 aromatic carbocycles. The van der Waals surface area contributed by atoms with Crippen LogP contribution in [0.3, 0.4) is 0 Å². The van der Waals surface area contributed by atoms with Crippen LogP contribution in [0, 0.1) is 6.92 Å². The Morgan fingerprint density at radius 2 is 1.89 bits per heavy atom. The van der Waals surface area contributed by atoms with Crippen LogP contribution in [-0.2, 0) is 4.74 Å². The van der Waals surface area contributed by atoms with E-state index in [0.717, 1.165) is 27.5 Å². The lowest BCUT2D eigenvalue weighted by atomic mass is 10.1. The number of hydrogen-bond donors (Lipinski definition) is 0. The van der Waals surface area contributed by atoms with Gasteiger partial charge in [0, 0.05) is 10.8 Å². The number of ether oxygens (including phenoxy) is 1. The number of carbonyl (C=O) groups excluding carboxylic acids is 1. The van der Waals surface area contributed by atoms with Gasteiger partial charge in [0.15, 0.2) is 0 Å². The van der Waals surface area contributed by atoms with Crippen molar-refractivity contribution in [2.75, 3.05) is 7.11 Å². The average Bonchev–Trinajstić information content (AvgIpc) is 2.74. The normalized spacial score (nSPS) is 11.0. The molecule has 0 aliphatic heterocycles. The van der Waals surface area contributed by atoms with Gasteiger partial charge in [-0.15, -0.1) is 0 Å². The predicted octanol–water partition coefficient (Wildman–Crippen LogP) is 3.68. The maximum absolute atomic E-state index is 11.5. The van der Waals surface area contributed by atoms with E-state index in [9.17, 15) is 4.79 Å². The van der Waals surface area contributed by atoms with Gasteiger partial charge in [0.25, 0.3) is 0 Å². The minimum absolute atomic E-state index is 0.335. The number of carbonyl (C=O) groups is 1. The molecule has 0 saturated heterocycles. The zero-order valence-corrected chi connectivity index (χ0v) is 10.2. The second kappa shape index (κ2) is 3.88. The summed E-state index contributed by atoms with van der Waals surface area (Å²) in [5, 5.41) is 1.95. The summed E-state index contributed by atoms with van der Waals surface area (Å²) < 4.78 is 10.5. The number of furan rings is 1. The first-order valence-corrected chi connectivity index (χ1v) is 5.70. The molecule has 3 nitrogen and oxygen atoms in total. The quantitative estimate of drug-likeness (QED) is 0.609. The van der Waals surface area contributed by atoms with Gasteiger partial charge in [-0.25, -0.2) is 4.79 Å². The van der Waals surface area contributed by atoms with Crippen molar-refractivity contribution < 1.29 is 13.9 Å². The minimum Gasteiger partial charge on any atom is -0.465 e. The van der Waals surface area contributed by atoms with Crippen LogP contribution < -0.4 is 0 Å². The smallest absolute Gasteiger partial charge is 0.337 e. The Balaban J connectivity index is 2.32. The van der Waals surface area contributed by atoms with E-state index in [1.807, 2.05) is 31.2 Å². The van der Waals surface area contributed by atoms with E-state index in [0.29, 0.717) is 5.56 Å². The lowest BCUT2D eigenvalue weighted by molar-refractivity contribution is 0.0601. The molecule has 0 unspecified atom stereocenters. The van der Waals surface area contributed by atoms with E-state index < -0.39 is 0 Å². The standard InChI is InChI=1S/C15H12O3/c1-9-3-5-11-12-8-10(15(16)17-2)4-6-13(12)18-14(11)7-9/h3-8H,1-2H3. The zero-order chi connectivity index (χ0) is 12.7. The molecule has 3 aromatic rings. The van der Waals surface area contributed by atoms with E-state index in [1.165, 1.54) is 7.11 Å². The van der Waals surface area contributed by atoms with Gasteiger partial charge in [-0.2, -0.15) is 0 Å². The SMILES string of the molecule is COC(=O)c1ccc2oc3cc(C)ccc3c2c1. The van der Waals surface area contributed by atoms with E-state index in [4.69, 9.17) is 9.15 Å². The maximum Gasteiger partial charge on any atom is 0.337 e. The molecule has 1 heterocycles. The fourth-order valence-electron chi connectivity index (χ4n) is 2.13. The molecule has 0 aliphatic carbocycles. The summed E-state index contributed by atoms with van der Waals surface area (Å²) in [6.45, 7) is 2.02. The second-order valence-corrected chi connectivity index (χ2v) is 4.30. The lowest BCUT2D eigenvalue weighted by Gasteiger charge is -1.98. The summed E-state index contributed by atoms with van der Waals surface area (Å²) in [5.74, 6) is -0.335. The van der Waals surface area contributed by atoms with Crippen LogP contribution in [0.25, 0.3) is 21.9 Å². The molecule has 0 spiro atoms. The van der Waals surface area contributed by atoms with Crippen molar-refractivity contribution in [1.29, 1.82) is 0 Å². The van der Waals surface area contributed by atoms with Gasteiger partial charge in [0.05, 0.1) is 12.7 Å². The molecule has 0 N–H and O–H groups in total. The third kappa shape index (κ3) is 1.56. The molecule has 0 saturated carbocycles. The van der Waals surface area contributed by atoms with Gasteiger partial charge in [0.1, 0.15) is 11.2 Å². The Labute approximate surface area is 104 Å². The molecule has 0 bridgehead atoms. The van der Waals surface area contributed by atoms with Crippen LogP contribution in [0.15, 0.2) is 40.8 Å². The van der Waals surface area contributed by atoms with Crippen LogP contribution in [-0.4, -0.2) is 13.1 Å². The van der Waals surface area contributed by atoms with Gasteiger partial charge in [-0.05, 0) is 36.8 Å². The molecular weight excluding hydrogens is 228 g/mol. The number of rotatable bonds is 1. The van der Waals surface area contributed by atoms with Crippen LogP contribution in [0.5, 0.6) is 0 Å². The Bertz CT molecular complexity index is 753. The minimum atomic E-state index is -0.335. The van der Waals surface area contributed by atoms with Crippen molar-refractivity contribution >= 4 is 27.9 Å². The average molecular weight is 240 g/mol. The van der Waals surface area contributed by atoms with Crippen LogP contribution >= 0.6 is 0 Å². The molecule has 0 radical (unpaired) electrons. The molecule has 90 valence electrons. The Hall–Kier alpha value is -2.29. The fraction of sp³-hybridized carbons (Fsp3) is 0.133. The first-order chi connectivity index (χ1) is 8.69. The molecule has 0 fully saturated rings. The van der Waals surface area contributed by atoms with Gasteiger partial charge in [-0.3, -0.25) is 0 Å². The zero-order valence-electron chi connectivity index (χ0n) is 10.2. The first kappa shape index (κ1) is 10.8. The highest BCUT2D eigenvalue weighted by Gasteiger charge is 2.11. The van der Waals surface area contributed by atoms with Gasteiger partial charge in [0.2, 0.25) is 0 Å². The van der Waals surface area contributed by atoms with Crippen molar-refractivity contribution in [1.82, 2.24) is 0 Å². The molecule has 3 heteroatoms. The molecule has 18 heavy (non-hydrogen) atoms. The summed E-state index contributed by atoms with van der Waals surface area (Å²) >= 11 is 0. The van der Waals surface area contributed by atoms with Gasteiger partial charge in [-0.1, -0.05) is 12.1 Å². The topological polar surface area (TPSA) is 39.4 Å². The molecule has 0 aliphatic rings. The summed E-state index contributed by atoms with van der Waals surface area (Å²) in [6, 6.07) is 11.4. The molecule has 0 atom stereocenters. The number of esters is 1. The highest BCUT2D eigenvalue weighted by molar-refractivity contribution is 6.07. The van der Waals surface area contributed by atoms with Gasteiger partial charge >= 0.3 is 5.97 Å². The second-order valence-electron chi connectivity index (χ2n) is 4.30. The van der Waals surface area contributed by atoms with Crippen molar-refractivity contribution in [3.63, 3.8) is 0 Å². The van der Waals surface area contributed by atoms with Crippen molar-refractivity contribution in [2.24, 2.45) is 0 Å². The lowest BCUT2D eigenvalue weighted by Crippen LogP contribution is -2.00. The third-order valence-electron chi connectivity index (χ3n) is 3.05. The van der Waals surface area contributed by atoms with Crippen LogP contribution in [0.2, 0.25) is 0 Å². The summed E-state index contributed by atoms with van der Waals surface area (Å²) in [4.78, 5) is 11.5. The van der Waals surface area contributed by atoms with Crippen molar-refractivity contribution in [3.05, 3.63) is 47.5 Å². The highest BCUT2D eigenvalue weighted by Crippen LogP contribution is 2.30. The Kier molecular flexibility index (Phi) is 2.33. The number of fused-ring (bicyclic) bond motifs is 3. The molecule has 1 aromatic heterocycles. The highest BCUT2D eigenvalue weighted by atomic mass is 16.5. The fourth-order valence-corrected chi connectivity index (χ4v) is 2.13. The Morgan fingerprint density at radius 1 is 1.06 bits per heavy atom. The maximum atomic E-state index is 11.5.